The molecule has 3 aromatic rings. The number of aliphatic hydroxyl groups excluding tert-OH is 1. The van der Waals surface area contributed by atoms with Gasteiger partial charge in [0.2, 0.25) is 0 Å². The second kappa shape index (κ2) is 7.70. The fourth-order valence-corrected chi connectivity index (χ4v) is 3.75. The lowest BCUT2D eigenvalue weighted by Gasteiger charge is -2.25. The largest absolute Gasteiger partial charge is 0.507 e. The lowest BCUT2D eigenvalue weighted by molar-refractivity contribution is -0.132. The van der Waals surface area contributed by atoms with Crippen molar-refractivity contribution in [1.29, 1.82) is 0 Å². The van der Waals surface area contributed by atoms with Gasteiger partial charge in [0.15, 0.2) is 0 Å². The number of carbonyl (C=O) groups is 2. The standard InChI is InChI=1S/C22H14Cl2N2O3/c23-15-4-1-3-14(11-15)20(27)18-19(13-7-9-25-10-8-13)26(22(29)21(18)28)17-6-2-5-16(24)12-17/h1-12,19,27H/b20-18+. The fraction of sp³-hybridized carbons (Fsp3) is 0.0455. The lowest BCUT2D eigenvalue weighted by Crippen LogP contribution is -2.29. The summed E-state index contributed by atoms with van der Waals surface area (Å²) < 4.78 is 0. The average Bonchev–Trinajstić information content (AvgIpc) is 2.99. The maximum absolute atomic E-state index is 13.0. The minimum Gasteiger partial charge on any atom is -0.507 e. The van der Waals surface area contributed by atoms with Crippen LogP contribution in [0.5, 0.6) is 0 Å². The number of halogens is 2. The van der Waals surface area contributed by atoms with E-state index in [1.54, 1.807) is 67.0 Å². The van der Waals surface area contributed by atoms with Gasteiger partial charge in [-0.15, -0.1) is 0 Å². The number of hydrogen-bond acceptors (Lipinski definition) is 4. The Bertz CT molecular complexity index is 1150. The molecule has 5 nitrogen and oxygen atoms in total. The summed E-state index contributed by atoms with van der Waals surface area (Å²) in [6, 6.07) is 15.7. The summed E-state index contributed by atoms with van der Waals surface area (Å²) in [6.07, 6.45) is 3.12. The zero-order chi connectivity index (χ0) is 20.5. The van der Waals surface area contributed by atoms with Gasteiger partial charge in [-0.25, -0.2) is 0 Å². The predicted molar refractivity (Wildman–Crippen MR) is 112 cm³/mol. The van der Waals surface area contributed by atoms with Crippen LogP contribution >= 0.6 is 23.2 Å². The van der Waals surface area contributed by atoms with Crippen LogP contribution in [-0.2, 0) is 9.59 Å². The molecule has 0 bridgehead atoms. The van der Waals surface area contributed by atoms with Gasteiger partial charge in [-0.2, -0.15) is 0 Å². The number of ketones is 1. The summed E-state index contributed by atoms with van der Waals surface area (Å²) in [6.45, 7) is 0. The zero-order valence-corrected chi connectivity index (χ0v) is 16.4. The number of pyridine rings is 1. The molecule has 29 heavy (non-hydrogen) atoms. The summed E-state index contributed by atoms with van der Waals surface area (Å²) in [5.41, 5.74) is 1.40. The molecule has 1 aromatic heterocycles. The summed E-state index contributed by atoms with van der Waals surface area (Å²) in [5.74, 6) is -1.83. The van der Waals surface area contributed by atoms with Crippen molar-refractivity contribution in [3.63, 3.8) is 0 Å². The van der Waals surface area contributed by atoms with Crippen LogP contribution in [0.1, 0.15) is 17.2 Å². The van der Waals surface area contributed by atoms with Crippen LogP contribution in [0, 0.1) is 0 Å². The summed E-state index contributed by atoms with van der Waals surface area (Å²) in [5, 5.41) is 11.8. The molecule has 0 saturated carbocycles. The number of nitrogens with zero attached hydrogens (tertiary/aromatic N) is 2. The van der Waals surface area contributed by atoms with Crippen LogP contribution in [0.2, 0.25) is 10.0 Å². The van der Waals surface area contributed by atoms with Crippen LogP contribution in [0.4, 0.5) is 5.69 Å². The van der Waals surface area contributed by atoms with E-state index in [1.165, 1.54) is 11.0 Å². The van der Waals surface area contributed by atoms with E-state index in [0.717, 1.165) is 0 Å². The maximum atomic E-state index is 13.0. The van der Waals surface area contributed by atoms with Gasteiger partial charge < -0.3 is 5.11 Å². The number of amides is 1. The van der Waals surface area contributed by atoms with Gasteiger partial charge in [-0.05, 0) is 48.0 Å². The summed E-state index contributed by atoms with van der Waals surface area (Å²) >= 11 is 12.1. The number of anilines is 1. The second-order valence-corrected chi connectivity index (χ2v) is 7.31. The van der Waals surface area contributed by atoms with Gasteiger partial charge in [0.1, 0.15) is 5.76 Å². The highest BCUT2D eigenvalue weighted by Crippen LogP contribution is 2.42. The third-order valence-electron chi connectivity index (χ3n) is 4.65. The van der Waals surface area contributed by atoms with Crippen molar-refractivity contribution in [1.82, 2.24) is 4.98 Å². The van der Waals surface area contributed by atoms with Crippen LogP contribution in [0.3, 0.4) is 0 Å². The maximum Gasteiger partial charge on any atom is 0.300 e. The lowest BCUT2D eigenvalue weighted by atomic mass is 9.96. The van der Waals surface area contributed by atoms with Crippen molar-refractivity contribution in [3.8, 4) is 0 Å². The number of aliphatic hydroxyl groups is 1. The normalized spacial score (nSPS) is 18.3. The fourth-order valence-electron chi connectivity index (χ4n) is 3.38. The van der Waals surface area contributed by atoms with E-state index in [2.05, 4.69) is 4.98 Å². The van der Waals surface area contributed by atoms with Gasteiger partial charge in [0.05, 0.1) is 11.6 Å². The Morgan fingerprint density at radius 1 is 0.931 bits per heavy atom. The van der Waals surface area contributed by atoms with Gasteiger partial charge in [0, 0.05) is 33.7 Å². The first kappa shape index (κ1) is 19.2. The van der Waals surface area contributed by atoms with E-state index in [0.29, 0.717) is 26.9 Å². The third kappa shape index (κ3) is 3.50. The zero-order valence-electron chi connectivity index (χ0n) is 14.9. The molecule has 1 saturated heterocycles. The van der Waals surface area contributed by atoms with E-state index in [4.69, 9.17) is 23.2 Å². The van der Waals surface area contributed by atoms with Crippen molar-refractivity contribution in [2.45, 2.75) is 6.04 Å². The Kier molecular flexibility index (Phi) is 5.09. The molecular formula is C22H14Cl2N2O3. The Balaban J connectivity index is 1.96. The van der Waals surface area contributed by atoms with Crippen LogP contribution in [0.15, 0.2) is 78.6 Å². The Hall–Kier alpha value is -3.15. The van der Waals surface area contributed by atoms with Crippen molar-refractivity contribution >= 4 is 46.3 Å². The van der Waals surface area contributed by atoms with Crippen LogP contribution in [-0.4, -0.2) is 21.8 Å². The minimum absolute atomic E-state index is 0.0246. The number of rotatable bonds is 3. The monoisotopic (exact) mass is 424 g/mol. The molecule has 1 N–H and O–H groups in total. The van der Waals surface area contributed by atoms with E-state index < -0.39 is 17.7 Å². The van der Waals surface area contributed by atoms with Crippen LogP contribution < -0.4 is 4.90 Å². The SMILES string of the molecule is O=C1C(=O)N(c2cccc(Cl)c2)C(c2ccncc2)/C1=C(\O)c1cccc(Cl)c1. The van der Waals surface area contributed by atoms with Gasteiger partial charge in [0.25, 0.3) is 11.7 Å². The highest BCUT2D eigenvalue weighted by atomic mass is 35.5. The molecular weight excluding hydrogens is 411 g/mol. The first-order valence-corrected chi connectivity index (χ1v) is 9.45. The topological polar surface area (TPSA) is 70.5 Å². The molecule has 1 fully saturated rings. The number of Topliss-reactive ketones (excluding diaryl/α,β-unsaturated/α-hetero) is 1. The number of aromatic nitrogens is 1. The molecule has 144 valence electrons. The highest BCUT2D eigenvalue weighted by molar-refractivity contribution is 6.51. The number of benzene rings is 2. The predicted octanol–water partition coefficient (Wildman–Crippen LogP) is 5.01. The van der Waals surface area contributed by atoms with Gasteiger partial charge in [-0.3, -0.25) is 19.5 Å². The molecule has 7 heteroatoms. The molecule has 1 aliphatic heterocycles. The van der Waals surface area contributed by atoms with E-state index in [9.17, 15) is 14.7 Å². The molecule has 1 aliphatic rings. The minimum atomic E-state index is -0.838. The Morgan fingerprint density at radius 3 is 2.24 bits per heavy atom. The Labute approximate surface area is 176 Å². The molecule has 1 atom stereocenters. The van der Waals surface area contributed by atoms with E-state index in [1.807, 2.05) is 0 Å². The molecule has 4 rings (SSSR count). The average molecular weight is 425 g/mol. The van der Waals surface area contributed by atoms with Crippen LogP contribution in [0.25, 0.3) is 5.76 Å². The molecule has 0 radical (unpaired) electrons. The van der Waals surface area contributed by atoms with Crippen molar-refractivity contribution < 1.29 is 14.7 Å². The number of hydrogen-bond donors (Lipinski definition) is 1. The van der Waals surface area contributed by atoms with Crippen molar-refractivity contribution in [2.24, 2.45) is 0 Å². The smallest absolute Gasteiger partial charge is 0.300 e. The first-order valence-electron chi connectivity index (χ1n) is 8.70. The quantitative estimate of drug-likeness (QED) is 0.364. The molecule has 1 amide bonds. The Morgan fingerprint density at radius 2 is 1.59 bits per heavy atom. The number of carbonyl (C=O) groups excluding carboxylic acids is 2. The highest BCUT2D eigenvalue weighted by Gasteiger charge is 2.47. The summed E-state index contributed by atoms with van der Waals surface area (Å²) in [7, 11) is 0. The molecule has 2 aromatic carbocycles. The van der Waals surface area contributed by atoms with Gasteiger partial charge in [-0.1, -0.05) is 41.4 Å². The molecule has 0 aliphatic carbocycles. The third-order valence-corrected chi connectivity index (χ3v) is 5.12. The summed E-state index contributed by atoms with van der Waals surface area (Å²) in [4.78, 5) is 31.3. The molecule has 2 heterocycles. The first-order chi connectivity index (χ1) is 14.0. The van der Waals surface area contributed by atoms with Gasteiger partial charge >= 0.3 is 0 Å². The molecule has 1 unspecified atom stereocenters. The van der Waals surface area contributed by atoms with Crippen molar-refractivity contribution in [2.75, 3.05) is 4.90 Å². The van der Waals surface area contributed by atoms with E-state index in [-0.39, 0.29) is 11.3 Å². The van der Waals surface area contributed by atoms with E-state index >= 15 is 0 Å². The molecule has 0 spiro atoms. The van der Waals surface area contributed by atoms with Crippen molar-refractivity contribution in [3.05, 3.63) is 99.8 Å². The second-order valence-electron chi connectivity index (χ2n) is 6.44.